The van der Waals surface area contributed by atoms with E-state index in [-0.39, 0.29) is 18.7 Å². The second-order valence-corrected chi connectivity index (χ2v) is 5.49. The molecule has 0 bridgehead atoms. The second-order valence-electron chi connectivity index (χ2n) is 5.49. The molecule has 0 aromatic heterocycles. The zero-order valence-corrected chi connectivity index (χ0v) is 12.6. The van der Waals surface area contributed by atoms with Crippen molar-refractivity contribution in [2.45, 2.75) is 12.1 Å². The third-order valence-corrected chi connectivity index (χ3v) is 4.23. The number of β-lactam (4-membered cyclic amide) rings is 1. The zero-order chi connectivity index (χ0) is 16.0. The molecular weight excluding hydrogens is 296 g/mol. The number of methoxy groups -OCH3 is 1. The molecule has 23 heavy (non-hydrogen) atoms. The Hall–Kier alpha value is -2.73. The number of ether oxygens (including phenoxy) is 3. The molecule has 0 aliphatic carbocycles. The molecule has 1 saturated heterocycles. The number of anilines is 1. The number of carbonyl (C=O) groups is 1. The number of amides is 1. The van der Waals surface area contributed by atoms with Crippen molar-refractivity contribution in [2.24, 2.45) is 5.73 Å². The maximum atomic E-state index is 12.3. The normalized spacial score (nSPS) is 22.0. The number of carbonyl (C=O) groups excluding carboxylic acids is 1. The van der Waals surface area contributed by atoms with Gasteiger partial charge < -0.3 is 24.8 Å². The maximum Gasteiger partial charge on any atom is 0.247 e. The fourth-order valence-electron chi connectivity index (χ4n) is 2.99. The first-order valence-corrected chi connectivity index (χ1v) is 7.31. The van der Waals surface area contributed by atoms with E-state index < -0.39 is 6.04 Å². The molecule has 2 aliphatic rings. The number of fused-ring (bicyclic) bond motifs is 1. The summed E-state index contributed by atoms with van der Waals surface area (Å²) in [6.07, 6.45) is 0. The summed E-state index contributed by atoms with van der Waals surface area (Å²) in [5.74, 6) is 1.99. The third-order valence-electron chi connectivity index (χ3n) is 4.23. The summed E-state index contributed by atoms with van der Waals surface area (Å²) in [6, 6.07) is 12.3. The van der Waals surface area contributed by atoms with Crippen molar-refractivity contribution in [2.75, 3.05) is 18.8 Å². The predicted octanol–water partition coefficient (Wildman–Crippen LogP) is 1.84. The van der Waals surface area contributed by atoms with Crippen LogP contribution in [0.5, 0.6) is 17.2 Å². The highest BCUT2D eigenvalue weighted by Crippen LogP contribution is 2.42. The lowest BCUT2D eigenvalue weighted by molar-refractivity contribution is -0.126. The Labute approximate surface area is 133 Å². The summed E-state index contributed by atoms with van der Waals surface area (Å²) < 4.78 is 15.9. The van der Waals surface area contributed by atoms with Crippen LogP contribution in [0.1, 0.15) is 11.6 Å². The fourth-order valence-corrected chi connectivity index (χ4v) is 2.99. The summed E-state index contributed by atoms with van der Waals surface area (Å²) in [5.41, 5.74) is 7.75. The van der Waals surface area contributed by atoms with Crippen LogP contribution < -0.4 is 24.8 Å². The number of hydrogen-bond acceptors (Lipinski definition) is 5. The van der Waals surface area contributed by atoms with Gasteiger partial charge in [-0.15, -0.1) is 0 Å². The first kappa shape index (κ1) is 13.9. The van der Waals surface area contributed by atoms with Crippen molar-refractivity contribution in [1.82, 2.24) is 0 Å². The smallest absolute Gasteiger partial charge is 0.247 e. The number of nitrogens with two attached hydrogens (primary N) is 1. The van der Waals surface area contributed by atoms with E-state index in [9.17, 15) is 4.79 Å². The molecular formula is C17H16N2O4. The quantitative estimate of drug-likeness (QED) is 0.875. The van der Waals surface area contributed by atoms with E-state index in [0.29, 0.717) is 11.5 Å². The Morgan fingerprint density at radius 1 is 1.13 bits per heavy atom. The molecule has 4 rings (SSSR count). The van der Waals surface area contributed by atoms with Crippen molar-refractivity contribution in [3.63, 3.8) is 0 Å². The first-order valence-electron chi connectivity index (χ1n) is 7.31. The van der Waals surface area contributed by atoms with Gasteiger partial charge in [-0.25, -0.2) is 0 Å². The van der Waals surface area contributed by atoms with Crippen LogP contribution in [0.2, 0.25) is 0 Å². The zero-order valence-electron chi connectivity index (χ0n) is 12.6. The summed E-state index contributed by atoms with van der Waals surface area (Å²) in [4.78, 5) is 14.0. The topological polar surface area (TPSA) is 74.0 Å². The molecule has 2 aliphatic heterocycles. The van der Waals surface area contributed by atoms with E-state index in [2.05, 4.69) is 0 Å². The number of benzene rings is 2. The van der Waals surface area contributed by atoms with Gasteiger partial charge in [0.1, 0.15) is 11.8 Å². The maximum absolute atomic E-state index is 12.3. The predicted molar refractivity (Wildman–Crippen MR) is 83.8 cm³/mol. The molecule has 6 nitrogen and oxygen atoms in total. The van der Waals surface area contributed by atoms with Gasteiger partial charge in [-0.05, 0) is 29.8 Å². The van der Waals surface area contributed by atoms with Crippen LogP contribution in [0, 0.1) is 0 Å². The summed E-state index contributed by atoms with van der Waals surface area (Å²) in [7, 11) is 1.62. The van der Waals surface area contributed by atoms with Gasteiger partial charge in [0.25, 0.3) is 0 Å². The molecule has 2 atom stereocenters. The molecule has 118 valence electrons. The lowest BCUT2D eigenvalue weighted by Gasteiger charge is -2.45. The highest BCUT2D eigenvalue weighted by molar-refractivity contribution is 6.05. The SMILES string of the molecule is COc1ccc([C@H]2[C@@H](N)C(=O)N2c2ccc3c(c2)OCO3)cc1. The minimum absolute atomic E-state index is 0.107. The van der Waals surface area contributed by atoms with Gasteiger partial charge >= 0.3 is 0 Å². The Bertz CT molecular complexity index is 760. The van der Waals surface area contributed by atoms with Crippen LogP contribution in [-0.4, -0.2) is 25.9 Å². The van der Waals surface area contributed by atoms with Crippen molar-refractivity contribution in [3.05, 3.63) is 48.0 Å². The van der Waals surface area contributed by atoms with Gasteiger partial charge in [0, 0.05) is 11.8 Å². The van der Waals surface area contributed by atoms with Crippen molar-refractivity contribution < 1.29 is 19.0 Å². The van der Waals surface area contributed by atoms with Crippen LogP contribution in [0.25, 0.3) is 0 Å². The molecule has 2 aromatic rings. The summed E-state index contributed by atoms with van der Waals surface area (Å²) in [5, 5.41) is 0. The molecule has 2 aromatic carbocycles. The van der Waals surface area contributed by atoms with E-state index in [1.54, 1.807) is 18.1 Å². The number of rotatable bonds is 3. The van der Waals surface area contributed by atoms with E-state index in [1.807, 2.05) is 36.4 Å². The van der Waals surface area contributed by atoms with E-state index >= 15 is 0 Å². The minimum Gasteiger partial charge on any atom is -0.497 e. The second kappa shape index (κ2) is 5.17. The number of nitrogens with zero attached hydrogens (tertiary/aromatic N) is 1. The monoisotopic (exact) mass is 312 g/mol. The Balaban J connectivity index is 1.67. The largest absolute Gasteiger partial charge is 0.497 e. The Morgan fingerprint density at radius 3 is 2.61 bits per heavy atom. The molecule has 0 unspecified atom stereocenters. The summed E-state index contributed by atoms with van der Waals surface area (Å²) in [6.45, 7) is 0.203. The Kier molecular flexibility index (Phi) is 3.12. The molecule has 0 spiro atoms. The van der Waals surface area contributed by atoms with Gasteiger partial charge in [0.15, 0.2) is 11.5 Å². The molecule has 2 N–H and O–H groups in total. The van der Waals surface area contributed by atoms with Crippen LogP contribution in [0.3, 0.4) is 0 Å². The van der Waals surface area contributed by atoms with E-state index in [4.69, 9.17) is 19.9 Å². The van der Waals surface area contributed by atoms with Gasteiger partial charge in [-0.1, -0.05) is 12.1 Å². The Morgan fingerprint density at radius 2 is 1.87 bits per heavy atom. The van der Waals surface area contributed by atoms with Crippen molar-refractivity contribution in [1.29, 1.82) is 0 Å². The molecule has 1 amide bonds. The molecule has 0 radical (unpaired) electrons. The van der Waals surface area contributed by atoms with Crippen LogP contribution >= 0.6 is 0 Å². The van der Waals surface area contributed by atoms with Crippen LogP contribution in [0.4, 0.5) is 5.69 Å². The third kappa shape index (κ3) is 2.10. The van der Waals surface area contributed by atoms with Crippen LogP contribution in [-0.2, 0) is 4.79 Å². The average Bonchev–Trinajstić information content (AvgIpc) is 3.06. The lowest BCUT2D eigenvalue weighted by Crippen LogP contribution is -2.63. The summed E-state index contributed by atoms with van der Waals surface area (Å²) >= 11 is 0. The highest BCUT2D eigenvalue weighted by Gasteiger charge is 2.46. The van der Waals surface area contributed by atoms with Crippen molar-refractivity contribution >= 4 is 11.6 Å². The van der Waals surface area contributed by atoms with Gasteiger partial charge in [-0.2, -0.15) is 0 Å². The standard InChI is InChI=1S/C17H16N2O4/c1-21-12-5-2-10(3-6-12)16-15(18)17(20)19(16)11-4-7-13-14(8-11)23-9-22-13/h2-8,15-16H,9,18H2,1H3/t15-,16+/m1/s1. The van der Waals surface area contributed by atoms with Gasteiger partial charge in [-0.3, -0.25) is 4.79 Å². The number of hydrogen-bond donors (Lipinski definition) is 1. The lowest BCUT2D eigenvalue weighted by atomic mass is 9.88. The van der Waals surface area contributed by atoms with Gasteiger partial charge in [0.2, 0.25) is 12.7 Å². The molecule has 2 heterocycles. The van der Waals surface area contributed by atoms with Crippen LogP contribution in [0.15, 0.2) is 42.5 Å². The van der Waals surface area contributed by atoms with E-state index in [0.717, 1.165) is 17.0 Å². The molecule has 0 saturated carbocycles. The fraction of sp³-hybridized carbons (Fsp3) is 0.235. The van der Waals surface area contributed by atoms with E-state index in [1.165, 1.54) is 0 Å². The first-order chi connectivity index (χ1) is 11.2. The highest BCUT2D eigenvalue weighted by atomic mass is 16.7. The molecule has 6 heteroatoms. The molecule has 1 fully saturated rings. The van der Waals surface area contributed by atoms with Gasteiger partial charge in [0.05, 0.1) is 13.2 Å². The van der Waals surface area contributed by atoms with Crippen molar-refractivity contribution in [3.8, 4) is 17.2 Å². The minimum atomic E-state index is -0.547. The average molecular weight is 312 g/mol.